The van der Waals surface area contributed by atoms with Gasteiger partial charge in [-0.3, -0.25) is 24.8 Å². The smallest absolute Gasteiger partial charge is 0.344 e. The highest BCUT2D eigenvalue weighted by molar-refractivity contribution is 6.07. The van der Waals surface area contributed by atoms with Crippen molar-refractivity contribution in [3.8, 4) is 11.5 Å². The predicted octanol–water partition coefficient (Wildman–Crippen LogP) is 1.51. The first-order valence-corrected chi connectivity index (χ1v) is 12.2. The normalized spacial score (nSPS) is 22.1. The van der Waals surface area contributed by atoms with Crippen molar-refractivity contribution in [3.05, 3.63) is 59.7 Å². The first-order valence-electron chi connectivity index (χ1n) is 12.2. The summed E-state index contributed by atoms with van der Waals surface area (Å²) in [5.74, 6) is 0.732. The van der Waals surface area contributed by atoms with Crippen molar-refractivity contribution < 1.29 is 23.9 Å². The molecular formula is C26H31N5O5. The van der Waals surface area contributed by atoms with Crippen LogP contribution in [0, 0.1) is 0 Å². The van der Waals surface area contributed by atoms with Gasteiger partial charge >= 0.3 is 6.03 Å². The van der Waals surface area contributed by atoms with Gasteiger partial charge in [-0.25, -0.2) is 4.79 Å². The van der Waals surface area contributed by atoms with Gasteiger partial charge in [0.2, 0.25) is 6.79 Å². The highest BCUT2D eigenvalue weighted by Crippen LogP contribution is 2.32. The highest BCUT2D eigenvalue weighted by Gasteiger charge is 2.48. The van der Waals surface area contributed by atoms with Gasteiger partial charge < -0.3 is 14.8 Å². The Kier molecular flexibility index (Phi) is 6.80. The summed E-state index contributed by atoms with van der Waals surface area (Å²) in [5.41, 5.74) is 3.69. The average Bonchev–Trinajstić information content (AvgIpc) is 3.43. The van der Waals surface area contributed by atoms with Gasteiger partial charge in [-0.15, -0.1) is 0 Å². The number of amides is 4. The van der Waals surface area contributed by atoms with Crippen molar-refractivity contribution in [1.29, 1.82) is 0 Å². The fraction of sp³-hybridized carbons (Fsp3) is 0.423. The van der Waals surface area contributed by atoms with Gasteiger partial charge in [0.05, 0.1) is 6.54 Å². The zero-order valence-electron chi connectivity index (χ0n) is 20.4. The number of carbonyl (C=O) groups is 3. The van der Waals surface area contributed by atoms with Crippen molar-refractivity contribution >= 4 is 17.8 Å². The Balaban J connectivity index is 1.07. The maximum absolute atomic E-state index is 13.0. The van der Waals surface area contributed by atoms with Crippen LogP contribution in [0.5, 0.6) is 11.5 Å². The summed E-state index contributed by atoms with van der Waals surface area (Å²) in [6.07, 6.45) is 1.08. The number of hydrogen-bond donors (Lipinski definition) is 2. The number of nitrogens with zero attached hydrogens (tertiary/aromatic N) is 3. The minimum atomic E-state index is -1.06. The fourth-order valence-electron chi connectivity index (χ4n) is 4.76. The van der Waals surface area contributed by atoms with Gasteiger partial charge in [0.25, 0.3) is 11.8 Å². The molecule has 0 aromatic heterocycles. The Morgan fingerprint density at radius 3 is 2.47 bits per heavy atom. The summed E-state index contributed by atoms with van der Waals surface area (Å²) in [6.45, 7) is 5.92. The van der Waals surface area contributed by atoms with Crippen LogP contribution in [-0.2, 0) is 22.6 Å². The summed E-state index contributed by atoms with van der Waals surface area (Å²) < 4.78 is 10.8. The Morgan fingerprint density at radius 2 is 1.69 bits per heavy atom. The summed E-state index contributed by atoms with van der Waals surface area (Å²) in [4.78, 5) is 42.4. The van der Waals surface area contributed by atoms with E-state index in [4.69, 9.17) is 9.47 Å². The van der Waals surface area contributed by atoms with Crippen LogP contribution in [0.2, 0.25) is 0 Å². The molecule has 0 spiro atoms. The Labute approximate surface area is 210 Å². The topological polar surface area (TPSA) is 103 Å². The number of benzene rings is 2. The Hall–Kier alpha value is -3.63. The Bertz CT molecular complexity index is 1130. The number of hydrazine groups is 1. The third-order valence-electron chi connectivity index (χ3n) is 6.93. The van der Waals surface area contributed by atoms with E-state index in [1.54, 1.807) is 6.92 Å². The molecule has 36 heavy (non-hydrogen) atoms. The largest absolute Gasteiger partial charge is 0.454 e. The summed E-state index contributed by atoms with van der Waals surface area (Å²) in [5, 5.41) is 3.56. The molecular weight excluding hydrogens is 462 g/mol. The van der Waals surface area contributed by atoms with Crippen LogP contribution < -0.4 is 20.2 Å². The Morgan fingerprint density at radius 1 is 0.972 bits per heavy atom. The summed E-state index contributed by atoms with van der Waals surface area (Å²) in [7, 11) is 0. The molecule has 10 heteroatoms. The van der Waals surface area contributed by atoms with Crippen LogP contribution >= 0.6 is 0 Å². The molecule has 2 N–H and O–H groups in total. The number of fused-ring (bicyclic) bond motifs is 1. The monoisotopic (exact) mass is 493 g/mol. The molecule has 4 amide bonds. The van der Waals surface area contributed by atoms with Crippen molar-refractivity contribution in [2.75, 3.05) is 39.5 Å². The predicted molar refractivity (Wildman–Crippen MR) is 131 cm³/mol. The van der Waals surface area contributed by atoms with Crippen molar-refractivity contribution in [3.63, 3.8) is 0 Å². The molecule has 0 saturated carbocycles. The molecule has 1 unspecified atom stereocenters. The number of nitrogens with one attached hydrogen (secondary N) is 2. The van der Waals surface area contributed by atoms with E-state index in [2.05, 4.69) is 15.6 Å². The molecule has 0 radical (unpaired) electrons. The minimum absolute atomic E-state index is 0.121. The van der Waals surface area contributed by atoms with Crippen molar-refractivity contribution in [2.24, 2.45) is 0 Å². The van der Waals surface area contributed by atoms with Crippen LogP contribution in [0.15, 0.2) is 48.5 Å². The molecule has 1 atom stereocenters. The second-order valence-corrected chi connectivity index (χ2v) is 9.66. The molecule has 3 aliphatic heterocycles. The molecule has 0 aliphatic carbocycles. The molecule has 0 bridgehead atoms. The molecule has 2 saturated heterocycles. The number of hydrogen-bond acceptors (Lipinski definition) is 7. The van der Waals surface area contributed by atoms with Gasteiger partial charge in [0.15, 0.2) is 11.5 Å². The lowest BCUT2D eigenvalue weighted by Crippen LogP contribution is -2.53. The van der Waals surface area contributed by atoms with Gasteiger partial charge in [-0.2, -0.15) is 5.01 Å². The lowest BCUT2D eigenvalue weighted by molar-refractivity contribution is -0.139. The zero-order valence-corrected chi connectivity index (χ0v) is 20.4. The van der Waals surface area contributed by atoms with E-state index in [9.17, 15) is 14.4 Å². The molecule has 3 heterocycles. The van der Waals surface area contributed by atoms with E-state index in [1.807, 2.05) is 53.4 Å². The van der Waals surface area contributed by atoms with E-state index in [1.165, 1.54) is 0 Å². The minimum Gasteiger partial charge on any atom is -0.454 e. The number of imide groups is 1. The zero-order chi connectivity index (χ0) is 25.1. The van der Waals surface area contributed by atoms with E-state index < -0.39 is 17.5 Å². The summed E-state index contributed by atoms with van der Waals surface area (Å²) in [6, 6.07) is 15.2. The molecule has 2 aromatic carbocycles. The fourth-order valence-corrected chi connectivity index (χ4v) is 4.76. The van der Waals surface area contributed by atoms with E-state index in [0.29, 0.717) is 25.9 Å². The van der Waals surface area contributed by atoms with Gasteiger partial charge in [-0.1, -0.05) is 36.4 Å². The standard InChI is InChI=1S/C26H31N5O5/c1-26(10-9-19-5-3-2-4-6-19)24(33)31(25(34)27-26)28-23(32)17-30-13-11-29(12-14-30)16-20-7-8-21-22(15-20)36-18-35-21/h2-8,15H,9-14,16-18H2,1H3,(H,27,34)(H,28,32). The van der Waals surface area contributed by atoms with Gasteiger partial charge in [0.1, 0.15) is 5.54 Å². The number of ether oxygens (including phenoxy) is 2. The number of aryl methyl sites for hydroxylation is 1. The van der Waals surface area contributed by atoms with E-state index in [-0.39, 0.29) is 19.2 Å². The van der Waals surface area contributed by atoms with E-state index in [0.717, 1.165) is 47.3 Å². The molecule has 2 fully saturated rings. The lowest BCUT2D eigenvalue weighted by Gasteiger charge is -2.34. The van der Waals surface area contributed by atoms with Crippen LogP contribution in [0.1, 0.15) is 24.5 Å². The van der Waals surface area contributed by atoms with E-state index >= 15 is 0 Å². The number of piperazine rings is 1. The molecule has 10 nitrogen and oxygen atoms in total. The number of carbonyl (C=O) groups excluding carboxylic acids is 3. The van der Waals surface area contributed by atoms with Crippen LogP contribution in [0.3, 0.4) is 0 Å². The molecule has 5 rings (SSSR count). The number of urea groups is 1. The average molecular weight is 494 g/mol. The second kappa shape index (κ2) is 10.2. The molecule has 2 aromatic rings. The van der Waals surface area contributed by atoms with Crippen LogP contribution in [0.25, 0.3) is 0 Å². The van der Waals surface area contributed by atoms with Gasteiger partial charge in [0, 0.05) is 32.7 Å². The molecule has 190 valence electrons. The summed E-state index contributed by atoms with van der Waals surface area (Å²) >= 11 is 0. The third-order valence-corrected chi connectivity index (χ3v) is 6.93. The van der Waals surface area contributed by atoms with Crippen molar-refractivity contribution in [1.82, 2.24) is 25.6 Å². The SMILES string of the molecule is CC1(CCc2ccccc2)NC(=O)N(NC(=O)CN2CCN(Cc3ccc4c(c3)OCO4)CC2)C1=O. The van der Waals surface area contributed by atoms with Crippen LogP contribution in [-0.4, -0.2) is 77.7 Å². The highest BCUT2D eigenvalue weighted by atomic mass is 16.7. The van der Waals surface area contributed by atoms with Crippen molar-refractivity contribution in [2.45, 2.75) is 31.8 Å². The quantitative estimate of drug-likeness (QED) is 0.538. The second-order valence-electron chi connectivity index (χ2n) is 9.66. The molecule has 3 aliphatic rings. The maximum atomic E-state index is 13.0. The first-order chi connectivity index (χ1) is 17.4. The number of rotatable bonds is 8. The van der Waals surface area contributed by atoms with Gasteiger partial charge in [-0.05, 0) is 43.0 Å². The van der Waals surface area contributed by atoms with Crippen LogP contribution in [0.4, 0.5) is 4.79 Å². The third kappa shape index (κ3) is 5.29. The maximum Gasteiger partial charge on any atom is 0.344 e. The first kappa shape index (κ1) is 24.1. The lowest BCUT2D eigenvalue weighted by atomic mass is 9.93.